The first-order valence-electron chi connectivity index (χ1n) is 10.3. The Bertz CT molecular complexity index is 988. The molecule has 0 radical (unpaired) electrons. The summed E-state index contributed by atoms with van der Waals surface area (Å²) in [6.07, 6.45) is 0. The van der Waals surface area contributed by atoms with Crippen molar-refractivity contribution in [2.75, 3.05) is 18.0 Å². The molecular weight excluding hydrogens is 415 g/mol. The van der Waals surface area contributed by atoms with Gasteiger partial charge < -0.3 is 14.6 Å². The number of carbonyl (C=O) groups excluding carboxylic acids is 1. The normalized spacial score (nSPS) is 12.9. The highest BCUT2D eigenvalue weighted by Gasteiger charge is 2.20. The Morgan fingerprint density at radius 2 is 1.71 bits per heavy atom. The Kier molecular flexibility index (Phi) is 7.68. The summed E-state index contributed by atoms with van der Waals surface area (Å²) >= 11 is 1.20. The average molecular weight is 443 g/mol. The molecule has 0 spiro atoms. The first-order chi connectivity index (χ1) is 14.9. The second-order valence-corrected chi connectivity index (χ2v) is 8.43. The Morgan fingerprint density at radius 3 is 2.32 bits per heavy atom. The molecule has 0 aliphatic rings. The SMILES string of the molecule is CCN(CC)c1ccc(-c2nnc(SC(C)C(=O)NC(C)c3ccc(F)cc3)o2)cc1. The van der Waals surface area contributed by atoms with Crippen molar-refractivity contribution in [3.63, 3.8) is 0 Å². The third kappa shape index (κ3) is 5.85. The Labute approximate surface area is 186 Å². The summed E-state index contributed by atoms with van der Waals surface area (Å²) in [5.74, 6) is -0.0490. The fourth-order valence-corrected chi connectivity index (χ4v) is 3.84. The van der Waals surface area contributed by atoms with Crippen LogP contribution in [0.25, 0.3) is 11.5 Å². The second-order valence-electron chi connectivity index (χ2n) is 7.13. The lowest BCUT2D eigenvalue weighted by Crippen LogP contribution is -2.33. The van der Waals surface area contributed by atoms with Gasteiger partial charge >= 0.3 is 0 Å². The maximum absolute atomic E-state index is 13.1. The van der Waals surface area contributed by atoms with E-state index in [-0.39, 0.29) is 17.8 Å². The molecule has 6 nitrogen and oxygen atoms in total. The van der Waals surface area contributed by atoms with Gasteiger partial charge in [0.15, 0.2) is 0 Å². The van der Waals surface area contributed by atoms with Crippen LogP contribution in [-0.2, 0) is 4.79 Å². The van der Waals surface area contributed by atoms with Crippen LogP contribution in [0.15, 0.2) is 58.2 Å². The van der Waals surface area contributed by atoms with Gasteiger partial charge in [0.1, 0.15) is 5.82 Å². The van der Waals surface area contributed by atoms with Gasteiger partial charge in [0.25, 0.3) is 5.22 Å². The number of anilines is 1. The maximum Gasteiger partial charge on any atom is 0.277 e. The number of hydrogen-bond acceptors (Lipinski definition) is 6. The predicted octanol–water partition coefficient (Wildman–Crippen LogP) is 5.08. The van der Waals surface area contributed by atoms with Crippen molar-refractivity contribution in [1.29, 1.82) is 0 Å². The summed E-state index contributed by atoms with van der Waals surface area (Å²) < 4.78 is 18.8. The summed E-state index contributed by atoms with van der Waals surface area (Å²) in [6, 6.07) is 13.8. The molecule has 0 aliphatic carbocycles. The lowest BCUT2D eigenvalue weighted by molar-refractivity contribution is -0.120. The molecule has 2 atom stereocenters. The highest BCUT2D eigenvalue weighted by molar-refractivity contribution is 8.00. The summed E-state index contributed by atoms with van der Waals surface area (Å²) in [6.45, 7) is 9.76. The fourth-order valence-electron chi connectivity index (χ4n) is 3.15. The zero-order chi connectivity index (χ0) is 22.4. The van der Waals surface area contributed by atoms with Crippen LogP contribution >= 0.6 is 11.8 Å². The monoisotopic (exact) mass is 442 g/mol. The summed E-state index contributed by atoms with van der Waals surface area (Å²) in [5.41, 5.74) is 2.81. The minimum Gasteiger partial charge on any atom is -0.411 e. The van der Waals surface area contributed by atoms with E-state index < -0.39 is 5.25 Å². The number of benzene rings is 2. The van der Waals surface area contributed by atoms with Crippen LogP contribution in [0.1, 0.15) is 39.3 Å². The van der Waals surface area contributed by atoms with E-state index in [1.54, 1.807) is 19.1 Å². The van der Waals surface area contributed by atoms with E-state index in [2.05, 4.69) is 34.3 Å². The van der Waals surface area contributed by atoms with Gasteiger partial charge in [0, 0.05) is 24.3 Å². The largest absolute Gasteiger partial charge is 0.411 e. The molecule has 1 N–H and O–H groups in total. The standard InChI is InChI=1S/C23H27FN4O2S/c1-5-28(6-2)20-13-9-18(10-14-20)22-26-27-23(30-22)31-16(4)21(29)25-15(3)17-7-11-19(24)12-8-17/h7-16H,5-6H2,1-4H3,(H,25,29). The van der Waals surface area contributed by atoms with Crippen molar-refractivity contribution in [3.8, 4) is 11.5 Å². The van der Waals surface area contributed by atoms with E-state index in [4.69, 9.17) is 4.42 Å². The molecule has 0 saturated carbocycles. The Balaban J connectivity index is 1.59. The van der Waals surface area contributed by atoms with Crippen molar-refractivity contribution in [1.82, 2.24) is 15.5 Å². The Morgan fingerprint density at radius 1 is 1.06 bits per heavy atom. The minimum atomic E-state index is -0.429. The van der Waals surface area contributed by atoms with E-state index in [1.807, 2.05) is 31.2 Å². The van der Waals surface area contributed by atoms with Crippen molar-refractivity contribution in [2.24, 2.45) is 0 Å². The van der Waals surface area contributed by atoms with Gasteiger partial charge in [0.2, 0.25) is 11.8 Å². The van der Waals surface area contributed by atoms with Gasteiger partial charge in [-0.15, -0.1) is 10.2 Å². The summed E-state index contributed by atoms with van der Waals surface area (Å²) in [4.78, 5) is 14.8. The smallest absolute Gasteiger partial charge is 0.277 e. The van der Waals surface area contributed by atoms with Gasteiger partial charge in [-0.1, -0.05) is 23.9 Å². The summed E-state index contributed by atoms with van der Waals surface area (Å²) in [7, 11) is 0. The van der Waals surface area contributed by atoms with Crippen molar-refractivity contribution in [2.45, 2.75) is 44.2 Å². The van der Waals surface area contributed by atoms with E-state index in [1.165, 1.54) is 23.9 Å². The number of aromatic nitrogens is 2. The van der Waals surface area contributed by atoms with Crippen LogP contribution in [0.3, 0.4) is 0 Å². The molecule has 31 heavy (non-hydrogen) atoms. The summed E-state index contributed by atoms with van der Waals surface area (Å²) in [5, 5.41) is 11.0. The predicted molar refractivity (Wildman–Crippen MR) is 122 cm³/mol. The average Bonchev–Trinajstić information content (AvgIpc) is 3.24. The van der Waals surface area contributed by atoms with Crippen molar-refractivity contribution >= 4 is 23.4 Å². The van der Waals surface area contributed by atoms with Crippen molar-refractivity contribution < 1.29 is 13.6 Å². The molecule has 0 aliphatic heterocycles. The Hall–Kier alpha value is -2.87. The highest BCUT2D eigenvalue weighted by Crippen LogP contribution is 2.28. The molecule has 0 bridgehead atoms. The number of amides is 1. The zero-order valence-electron chi connectivity index (χ0n) is 18.1. The molecule has 8 heteroatoms. The number of carbonyl (C=O) groups is 1. The molecule has 164 valence electrons. The quantitative estimate of drug-likeness (QED) is 0.466. The van der Waals surface area contributed by atoms with Crippen LogP contribution in [0.4, 0.5) is 10.1 Å². The molecular formula is C23H27FN4O2S. The number of nitrogens with one attached hydrogen (secondary N) is 1. The maximum atomic E-state index is 13.1. The van der Waals surface area contributed by atoms with Gasteiger partial charge in [0.05, 0.1) is 11.3 Å². The van der Waals surface area contributed by atoms with Crippen LogP contribution < -0.4 is 10.2 Å². The molecule has 1 aromatic heterocycles. The van der Waals surface area contributed by atoms with E-state index in [9.17, 15) is 9.18 Å². The van der Waals surface area contributed by atoms with E-state index in [0.29, 0.717) is 11.1 Å². The molecule has 2 unspecified atom stereocenters. The third-order valence-electron chi connectivity index (χ3n) is 5.02. The first-order valence-corrected chi connectivity index (χ1v) is 11.2. The van der Waals surface area contributed by atoms with Crippen LogP contribution in [0, 0.1) is 5.82 Å². The lowest BCUT2D eigenvalue weighted by Gasteiger charge is -2.20. The van der Waals surface area contributed by atoms with Crippen LogP contribution in [0.2, 0.25) is 0 Å². The van der Waals surface area contributed by atoms with Crippen molar-refractivity contribution in [3.05, 3.63) is 59.9 Å². The van der Waals surface area contributed by atoms with Gasteiger partial charge in [-0.2, -0.15) is 0 Å². The molecule has 2 aromatic carbocycles. The number of halogens is 1. The number of rotatable bonds is 9. The van der Waals surface area contributed by atoms with E-state index >= 15 is 0 Å². The van der Waals surface area contributed by atoms with E-state index in [0.717, 1.165) is 29.9 Å². The molecule has 3 aromatic rings. The third-order valence-corrected chi connectivity index (χ3v) is 5.96. The number of thioether (sulfide) groups is 1. The molecule has 0 fully saturated rings. The lowest BCUT2D eigenvalue weighted by atomic mass is 10.1. The second kappa shape index (κ2) is 10.4. The fraction of sp³-hybridized carbons (Fsp3) is 0.348. The molecule has 1 amide bonds. The number of nitrogens with zero attached hydrogens (tertiary/aromatic N) is 3. The van der Waals surface area contributed by atoms with Crippen LogP contribution in [0.5, 0.6) is 0 Å². The molecule has 1 heterocycles. The minimum absolute atomic E-state index is 0.162. The first kappa shape index (κ1) is 22.8. The highest BCUT2D eigenvalue weighted by atomic mass is 32.2. The topological polar surface area (TPSA) is 71.3 Å². The molecule has 3 rings (SSSR count). The zero-order valence-corrected chi connectivity index (χ0v) is 18.9. The van der Waals surface area contributed by atoms with Gasteiger partial charge in [-0.25, -0.2) is 4.39 Å². The van der Waals surface area contributed by atoms with Gasteiger partial charge in [-0.05, 0) is 69.7 Å². The molecule has 0 saturated heterocycles. The van der Waals surface area contributed by atoms with Gasteiger partial charge in [-0.3, -0.25) is 4.79 Å². The number of hydrogen-bond donors (Lipinski definition) is 1. The van der Waals surface area contributed by atoms with Crippen LogP contribution in [-0.4, -0.2) is 34.4 Å².